The SMILES string of the molecule is COc1ccc(C=O)cc1OCC(=O)NCC#N. The Hall–Kier alpha value is -2.55. The molecular weight excluding hydrogens is 236 g/mol. The minimum absolute atomic E-state index is 0.0757. The summed E-state index contributed by atoms with van der Waals surface area (Å²) in [5.74, 6) is 0.304. The van der Waals surface area contributed by atoms with Crippen molar-refractivity contribution in [1.82, 2.24) is 5.32 Å². The molecule has 1 rings (SSSR count). The van der Waals surface area contributed by atoms with E-state index in [1.54, 1.807) is 18.2 Å². The van der Waals surface area contributed by atoms with Crippen LogP contribution in [0.3, 0.4) is 0 Å². The highest BCUT2D eigenvalue weighted by Crippen LogP contribution is 2.27. The molecule has 0 aromatic heterocycles. The van der Waals surface area contributed by atoms with E-state index >= 15 is 0 Å². The third-order valence-electron chi connectivity index (χ3n) is 2.05. The number of aldehydes is 1. The first kappa shape index (κ1) is 13.5. The van der Waals surface area contributed by atoms with Gasteiger partial charge in [0.15, 0.2) is 18.1 Å². The number of hydrogen-bond acceptors (Lipinski definition) is 5. The zero-order chi connectivity index (χ0) is 13.4. The normalized spacial score (nSPS) is 9.11. The fourth-order valence-electron chi connectivity index (χ4n) is 1.21. The zero-order valence-corrected chi connectivity index (χ0v) is 9.80. The highest BCUT2D eigenvalue weighted by Gasteiger charge is 2.08. The summed E-state index contributed by atoms with van der Waals surface area (Å²) < 4.78 is 10.3. The lowest BCUT2D eigenvalue weighted by molar-refractivity contribution is -0.122. The molecule has 94 valence electrons. The first-order valence-corrected chi connectivity index (χ1v) is 5.11. The number of nitrogens with zero attached hydrogens (tertiary/aromatic N) is 1. The second-order valence-electron chi connectivity index (χ2n) is 3.25. The molecule has 1 N–H and O–H groups in total. The van der Waals surface area contributed by atoms with Crippen molar-refractivity contribution in [3.05, 3.63) is 23.8 Å². The molecular formula is C12H12N2O4. The molecule has 0 aliphatic rings. The van der Waals surface area contributed by atoms with Crippen LogP contribution in [0.1, 0.15) is 10.4 Å². The lowest BCUT2D eigenvalue weighted by atomic mass is 10.2. The smallest absolute Gasteiger partial charge is 0.258 e. The highest BCUT2D eigenvalue weighted by atomic mass is 16.5. The van der Waals surface area contributed by atoms with Crippen molar-refractivity contribution >= 4 is 12.2 Å². The summed E-state index contributed by atoms with van der Waals surface area (Å²) in [5.41, 5.74) is 0.420. The van der Waals surface area contributed by atoms with Crippen LogP contribution in [0.25, 0.3) is 0 Å². The van der Waals surface area contributed by atoms with Crippen molar-refractivity contribution < 1.29 is 19.1 Å². The van der Waals surface area contributed by atoms with Crippen molar-refractivity contribution in [3.8, 4) is 17.6 Å². The standard InChI is InChI=1S/C12H12N2O4/c1-17-10-3-2-9(7-15)6-11(10)18-8-12(16)14-5-4-13/h2-3,6-7H,5,8H2,1H3,(H,14,16). The van der Waals surface area contributed by atoms with Gasteiger partial charge in [0, 0.05) is 5.56 Å². The summed E-state index contributed by atoms with van der Waals surface area (Å²) in [6.07, 6.45) is 0.669. The minimum Gasteiger partial charge on any atom is -0.493 e. The third-order valence-corrected chi connectivity index (χ3v) is 2.05. The Bertz CT molecular complexity index is 479. The van der Waals surface area contributed by atoms with Crippen molar-refractivity contribution in [2.75, 3.05) is 20.3 Å². The van der Waals surface area contributed by atoms with Crippen LogP contribution in [0.2, 0.25) is 0 Å². The van der Waals surface area contributed by atoms with E-state index in [1.165, 1.54) is 13.2 Å². The van der Waals surface area contributed by atoms with Gasteiger partial charge < -0.3 is 14.8 Å². The number of amides is 1. The Labute approximate surface area is 104 Å². The molecule has 0 heterocycles. The van der Waals surface area contributed by atoms with Gasteiger partial charge in [-0.25, -0.2) is 0 Å². The van der Waals surface area contributed by atoms with Gasteiger partial charge in [0.25, 0.3) is 5.91 Å². The average Bonchev–Trinajstić information content (AvgIpc) is 2.42. The fraction of sp³-hybridized carbons (Fsp3) is 0.250. The maximum Gasteiger partial charge on any atom is 0.258 e. The van der Waals surface area contributed by atoms with Crippen LogP contribution in [0.4, 0.5) is 0 Å². The molecule has 6 nitrogen and oxygen atoms in total. The molecule has 0 unspecified atom stereocenters. The van der Waals surface area contributed by atoms with Gasteiger partial charge in [-0.05, 0) is 18.2 Å². The Kier molecular flexibility index (Phi) is 5.19. The Morgan fingerprint density at radius 3 is 2.89 bits per heavy atom. The van der Waals surface area contributed by atoms with E-state index in [1.807, 2.05) is 0 Å². The fourth-order valence-corrected chi connectivity index (χ4v) is 1.21. The first-order chi connectivity index (χ1) is 8.71. The van der Waals surface area contributed by atoms with E-state index in [4.69, 9.17) is 14.7 Å². The molecule has 0 atom stereocenters. The van der Waals surface area contributed by atoms with Crippen molar-refractivity contribution in [3.63, 3.8) is 0 Å². The summed E-state index contributed by atoms with van der Waals surface area (Å²) in [5, 5.41) is 10.6. The summed E-state index contributed by atoms with van der Waals surface area (Å²) in [6, 6.07) is 6.41. The number of benzene rings is 1. The lowest BCUT2D eigenvalue weighted by Gasteiger charge is -2.10. The maximum atomic E-state index is 11.2. The quantitative estimate of drug-likeness (QED) is 0.586. The molecule has 0 spiro atoms. The number of carbonyl (C=O) groups is 2. The van der Waals surface area contributed by atoms with E-state index < -0.39 is 5.91 Å². The van der Waals surface area contributed by atoms with Crippen molar-refractivity contribution in [2.45, 2.75) is 0 Å². The molecule has 0 aliphatic heterocycles. The van der Waals surface area contributed by atoms with Crippen LogP contribution in [0.5, 0.6) is 11.5 Å². The molecule has 0 radical (unpaired) electrons. The van der Waals surface area contributed by atoms with Crippen LogP contribution in [-0.2, 0) is 4.79 Å². The van der Waals surface area contributed by atoms with Gasteiger partial charge in [0.1, 0.15) is 12.8 Å². The number of ether oxygens (including phenoxy) is 2. The molecule has 1 aromatic carbocycles. The van der Waals surface area contributed by atoms with Crippen LogP contribution in [0.15, 0.2) is 18.2 Å². The van der Waals surface area contributed by atoms with Crippen LogP contribution < -0.4 is 14.8 Å². The van der Waals surface area contributed by atoms with Gasteiger partial charge in [-0.1, -0.05) is 0 Å². The molecule has 0 saturated heterocycles. The molecule has 1 amide bonds. The number of carbonyl (C=O) groups excluding carboxylic acids is 2. The average molecular weight is 248 g/mol. The maximum absolute atomic E-state index is 11.2. The highest BCUT2D eigenvalue weighted by molar-refractivity contribution is 5.78. The second kappa shape index (κ2) is 6.91. The van der Waals surface area contributed by atoms with E-state index in [9.17, 15) is 9.59 Å². The topological polar surface area (TPSA) is 88.4 Å². The molecule has 6 heteroatoms. The van der Waals surface area contributed by atoms with Gasteiger partial charge in [0.2, 0.25) is 0 Å². The number of rotatable bonds is 6. The lowest BCUT2D eigenvalue weighted by Crippen LogP contribution is -2.29. The van der Waals surface area contributed by atoms with E-state index in [2.05, 4.69) is 5.32 Å². The van der Waals surface area contributed by atoms with Gasteiger partial charge in [-0.15, -0.1) is 0 Å². The van der Waals surface area contributed by atoms with Gasteiger partial charge in [-0.3, -0.25) is 9.59 Å². The van der Waals surface area contributed by atoms with Crippen LogP contribution >= 0.6 is 0 Å². The number of nitrogens with one attached hydrogen (secondary N) is 1. The van der Waals surface area contributed by atoms with Crippen molar-refractivity contribution in [2.24, 2.45) is 0 Å². The van der Waals surface area contributed by atoms with E-state index in [0.717, 1.165) is 0 Å². The van der Waals surface area contributed by atoms with Crippen LogP contribution in [0, 0.1) is 11.3 Å². The Balaban J connectivity index is 2.68. The summed E-state index contributed by atoms with van der Waals surface area (Å²) in [7, 11) is 1.46. The Morgan fingerprint density at radius 1 is 1.50 bits per heavy atom. The molecule has 0 bridgehead atoms. The molecule has 0 fully saturated rings. The van der Waals surface area contributed by atoms with Crippen LogP contribution in [-0.4, -0.2) is 32.5 Å². The molecule has 0 saturated carbocycles. The predicted molar refractivity (Wildman–Crippen MR) is 62.5 cm³/mol. The first-order valence-electron chi connectivity index (χ1n) is 5.11. The van der Waals surface area contributed by atoms with Crippen molar-refractivity contribution in [1.29, 1.82) is 5.26 Å². The van der Waals surface area contributed by atoms with Gasteiger partial charge in [-0.2, -0.15) is 5.26 Å². The van der Waals surface area contributed by atoms with Gasteiger partial charge in [0.05, 0.1) is 13.2 Å². The molecule has 18 heavy (non-hydrogen) atoms. The Morgan fingerprint density at radius 2 is 2.28 bits per heavy atom. The van der Waals surface area contributed by atoms with E-state index in [-0.39, 0.29) is 13.2 Å². The number of nitriles is 1. The largest absolute Gasteiger partial charge is 0.493 e. The monoisotopic (exact) mass is 248 g/mol. The van der Waals surface area contributed by atoms with E-state index in [0.29, 0.717) is 23.3 Å². The number of methoxy groups -OCH3 is 1. The summed E-state index contributed by atoms with van der Waals surface area (Å²) >= 11 is 0. The molecule has 0 aliphatic carbocycles. The molecule has 1 aromatic rings. The predicted octanol–water partition coefficient (Wildman–Crippen LogP) is 0.526. The van der Waals surface area contributed by atoms with Gasteiger partial charge >= 0.3 is 0 Å². The summed E-state index contributed by atoms with van der Waals surface area (Å²) in [4.78, 5) is 21.9. The second-order valence-corrected chi connectivity index (χ2v) is 3.25. The third kappa shape index (κ3) is 3.79. The zero-order valence-electron chi connectivity index (χ0n) is 9.80. The minimum atomic E-state index is -0.421. The summed E-state index contributed by atoms with van der Waals surface area (Å²) in [6.45, 7) is -0.325. The number of hydrogen-bond donors (Lipinski definition) is 1.